The topological polar surface area (TPSA) is 62.1 Å². The fourth-order valence-corrected chi connectivity index (χ4v) is 2.54. The molecule has 0 spiro atoms. The van der Waals surface area contributed by atoms with E-state index in [1.165, 1.54) is 5.56 Å². The Kier molecular flexibility index (Phi) is 4.35. The predicted molar refractivity (Wildman–Crippen MR) is 82.8 cm³/mol. The molecule has 5 heteroatoms. The van der Waals surface area contributed by atoms with Crippen LogP contribution in [-0.4, -0.2) is 28.9 Å². The van der Waals surface area contributed by atoms with Crippen LogP contribution in [0.2, 0.25) is 5.02 Å². The number of fused-ring (bicyclic) bond motifs is 1. The molecule has 0 aliphatic carbocycles. The highest BCUT2D eigenvalue weighted by atomic mass is 35.5. The van der Waals surface area contributed by atoms with E-state index in [4.69, 9.17) is 17.3 Å². The fourth-order valence-electron chi connectivity index (χ4n) is 2.36. The third-order valence-electron chi connectivity index (χ3n) is 3.78. The number of nitrogens with two attached hydrogens (primary N) is 1. The van der Waals surface area contributed by atoms with Gasteiger partial charge in [-0.15, -0.1) is 0 Å². The average molecular weight is 294 g/mol. The van der Waals surface area contributed by atoms with Gasteiger partial charge in [-0.05, 0) is 44.7 Å². The smallest absolute Gasteiger partial charge is 0.218 e. The van der Waals surface area contributed by atoms with Crippen LogP contribution in [0.15, 0.2) is 18.2 Å². The minimum Gasteiger partial charge on any atom is -0.370 e. The lowest BCUT2D eigenvalue weighted by Crippen LogP contribution is -2.32. The minimum absolute atomic E-state index is 0.113. The first-order valence-electron chi connectivity index (χ1n) is 6.63. The summed E-state index contributed by atoms with van der Waals surface area (Å²) < 4.78 is 0. The molecular formula is C15H20ClN3O. The maximum absolute atomic E-state index is 11.0. The van der Waals surface area contributed by atoms with E-state index in [2.05, 4.69) is 16.8 Å². The maximum atomic E-state index is 11.0. The number of nitrogens with one attached hydrogen (secondary N) is 1. The third-order valence-corrected chi connectivity index (χ3v) is 4.02. The number of aromatic nitrogens is 1. The molecule has 20 heavy (non-hydrogen) atoms. The van der Waals surface area contributed by atoms with E-state index in [1.807, 2.05) is 32.2 Å². The molecule has 3 N–H and O–H groups in total. The monoisotopic (exact) mass is 293 g/mol. The molecule has 1 heterocycles. The van der Waals surface area contributed by atoms with Crippen molar-refractivity contribution < 1.29 is 4.79 Å². The Labute approximate surface area is 123 Å². The molecule has 0 aliphatic rings. The second-order valence-corrected chi connectivity index (χ2v) is 5.79. The molecule has 0 aliphatic heterocycles. The Balaban J connectivity index is 2.21. The zero-order valence-electron chi connectivity index (χ0n) is 12.0. The van der Waals surface area contributed by atoms with Gasteiger partial charge in [0.15, 0.2) is 0 Å². The zero-order chi connectivity index (χ0) is 14.9. The van der Waals surface area contributed by atoms with Crippen LogP contribution in [0.5, 0.6) is 0 Å². The number of nitrogens with zero attached hydrogens (tertiary/aromatic N) is 1. The molecular weight excluding hydrogens is 274 g/mol. The number of benzene rings is 1. The van der Waals surface area contributed by atoms with Crippen molar-refractivity contribution >= 4 is 28.4 Å². The molecule has 2 aromatic rings. The van der Waals surface area contributed by atoms with Gasteiger partial charge in [-0.2, -0.15) is 0 Å². The normalized spacial score (nSPS) is 13.1. The Morgan fingerprint density at radius 2 is 2.20 bits per heavy atom. The maximum Gasteiger partial charge on any atom is 0.218 e. The van der Waals surface area contributed by atoms with Crippen LogP contribution < -0.4 is 5.73 Å². The first kappa shape index (κ1) is 14.9. The first-order chi connectivity index (χ1) is 9.38. The number of H-pyrrole nitrogens is 1. The number of aromatic amines is 1. The lowest BCUT2D eigenvalue weighted by Gasteiger charge is -2.23. The Morgan fingerprint density at radius 3 is 2.85 bits per heavy atom. The molecule has 1 aromatic carbocycles. The Bertz CT molecular complexity index is 635. The summed E-state index contributed by atoms with van der Waals surface area (Å²) in [7, 11) is 1.99. The highest BCUT2D eigenvalue weighted by molar-refractivity contribution is 6.31. The van der Waals surface area contributed by atoms with E-state index < -0.39 is 0 Å². The lowest BCUT2D eigenvalue weighted by molar-refractivity contribution is -0.119. The molecule has 1 aromatic heterocycles. The molecule has 0 radical (unpaired) electrons. The molecule has 0 saturated carbocycles. The SMILES string of the molecule is Cc1c(CN(C)[C@@H](C)CC(N)=O)[nH]c2ccc(Cl)cc12. The molecule has 1 amide bonds. The second-order valence-electron chi connectivity index (χ2n) is 5.35. The number of primary amides is 1. The van der Waals surface area contributed by atoms with Gasteiger partial charge in [0.05, 0.1) is 0 Å². The molecule has 0 bridgehead atoms. The molecule has 1 atom stereocenters. The van der Waals surface area contributed by atoms with Gasteiger partial charge in [0.2, 0.25) is 5.91 Å². The van der Waals surface area contributed by atoms with Gasteiger partial charge in [-0.3, -0.25) is 9.69 Å². The van der Waals surface area contributed by atoms with Gasteiger partial charge in [-0.25, -0.2) is 0 Å². The van der Waals surface area contributed by atoms with Gasteiger partial charge < -0.3 is 10.7 Å². The molecule has 4 nitrogen and oxygen atoms in total. The molecule has 0 unspecified atom stereocenters. The van der Waals surface area contributed by atoms with Crippen LogP contribution in [0, 0.1) is 6.92 Å². The summed E-state index contributed by atoms with van der Waals surface area (Å²) in [4.78, 5) is 16.5. The highest BCUT2D eigenvalue weighted by Gasteiger charge is 2.15. The van der Waals surface area contributed by atoms with Crippen molar-refractivity contribution in [1.29, 1.82) is 0 Å². The number of halogens is 1. The summed E-state index contributed by atoms with van der Waals surface area (Å²) >= 11 is 6.04. The molecule has 108 valence electrons. The summed E-state index contributed by atoms with van der Waals surface area (Å²) in [6, 6.07) is 5.95. The van der Waals surface area contributed by atoms with Crippen molar-refractivity contribution in [1.82, 2.24) is 9.88 Å². The summed E-state index contributed by atoms with van der Waals surface area (Å²) in [6.45, 7) is 4.82. The number of rotatable bonds is 5. The standard InChI is InChI=1S/C15H20ClN3O/c1-9(6-15(17)20)19(3)8-14-10(2)12-7-11(16)4-5-13(12)18-14/h4-5,7,9,18H,6,8H2,1-3H3,(H2,17,20)/t9-/m0/s1. The van der Waals surface area contributed by atoms with E-state index >= 15 is 0 Å². The summed E-state index contributed by atoms with van der Waals surface area (Å²) in [5, 5.41) is 1.88. The van der Waals surface area contributed by atoms with Gasteiger partial charge in [0.25, 0.3) is 0 Å². The van der Waals surface area contributed by atoms with Crippen LogP contribution in [0.4, 0.5) is 0 Å². The second kappa shape index (κ2) is 5.85. The largest absolute Gasteiger partial charge is 0.370 e. The van der Waals surface area contributed by atoms with E-state index in [9.17, 15) is 4.79 Å². The number of carbonyl (C=O) groups is 1. The third kappa shape index (κ3) is 3.14. The van der Waals surface area contributed by atoms with E-state index in [-0.39, 0.29) is 11.9 Å². The van der Waals surface area contributed by atoms with E-state index in [1.54, 1.807) is 0 Å². The number of amides is 1. The first-order valence-corrected chi connectivity index (χ1v) is 7.01. The van der Waals surface area contributed by atoms with Crippen LogP contribution in [-0.2, 0) is 11.3 Å². The van der Waals surface area contributed by atoms with Crippen LogP contribution in [0.25, 0.3) is 10.9 Å². The minimum atomic E-state index is -0.274. The van der Waals surface area contributed by atoms with Crippen molar-refractivity contribution in [3.05, 3.63) is 34.5 Å². The van der Waals surface area contributed by atoms with Crippen molar-refractivity contribution in [2.24, 2.45) is 5.73 Å². The van der Waals surface area contributed by atoms with Crippen molar-refractivity contribution in [2.75, 3.05) is 7.05 Å². The van der Waals surface area contributed by atoms with Crippen LogP contribution >= 0.6 is 11.6 Å². The predicted octanol–water partition coefficient (Wildman–Crippen LogP) is 2.83. The highest BCUT2D eigenvalue weighted by Crippen LogP contribution is 2.25. The summed E-state index contributed by atoms with van der Waals surface area (Å²) in [5.41, 5.74) is 8.66. The lowest BCUT2D eigenvalue weighted by atomic mass is 10.1. The number of hydrogen-bond acceptors (Lipinski definition) is 2. The number of aryl methyl sites for hydroxylation is 1. The number of carbonyl (C=O) groups excluding carboxylic acids is 1. The molecule has 2 rings (SSSR count). The Hall–Kier alpha value is -1.52. The van der Waals surface area contributed by atoms with Crippen LogP contribution in [0.3, 0.4) is 0 Å². The molecule has 0 saturated heterocycles. The van der Waals surface area contributed by atoms with E-state index in [0.29, 0.717) is 6.42 Å². The van der Waals surface area contributed by atoms with Crippen LogP contribution in [0.1, 0.15) is 24.6 Å². The summed E-state index contributed by atoms with van der Waals surface area (Å²) in [6.07, 6.45) is 0.363. The Morgan fingerprint density at radius 1 is 1.50 bits per heavy atom. The van der Waals surface area contributed by atoms with Gasteiger partial charge in [-0.1, -0.05) is 11.6 Å². The number of hydrogen-bond donors (Lipinski definition) is 2. The van der Waals surface area contributed by atoms with Crippen molar-refractivity contribution in [3.63, 3.8) is 0 Å². The fraction of sp³-hybridized carbons (Fsp3) is 0.400. The van der Waals surface area contributed by atoms with Gasteiger partial charge in [0.1, 0.15) is 0 Å². The van der Waals surface area contributed by atoms with Gasteiger partial charge >= 0.3 is 0 Å². The molecule has 0 fully saturated rings. The van der Waals surface area contributed by atoms with Gasteiger partial charge in [0, 0.05) is 40.6 Å². The average Bonchev–Trinajstić information content (AvgIpc) is 2.66. The van der Waals surface area contributed by atoms with E-state index in [0.717, 1.165) is 28.2 Å². The summed E-state index contributed by atoms with van der Waals surface area (Å²) in [5.74, 6) is -0.274. The zero-order valence-corrected chi connectivity index (χ0v) is 12.8. The van der Waals surface area contributed by atoms with Crippen molar-refractivity contribution in [3.8, 4) is 0 Å². The van der Waals surface area contributed by atoms with Crippen molar-refractivity contribution in [2.45, 2.75) is 32.9 Å². The quantitative estimate of drug-likeness (QED) is 0.890.